The number of halogens is 1. The average Bonchev–Trinajstić information content (AvgIpc) is 3.17. The van der Waals surface area contributed by atoms with Gasteiger partial charge in [-0.1, -0.05) is 12.8 Å². The highest BCUT2D eigenvalue weighted by atomic mass is 127. The first-order valence-electron chi connectivity index (χ1n) is 9.80. The second-order valence-electron chi connectivity index (χ2n) is 7.44. The molecule has 0 aromatic rings. The van der Waals surface area contributed by atoms with Crippen LogP contribution in [0.3, 0.4) is 0 Å². The molecule has 0 spiro atoms. The Hall–Kier alpha value is -0.570. The Morgan fingerprint density at radius 2 is 1.52 bits per heavy atom. The van der Waals surface area contributed by atoms with Crippen LogP contribution >= 0.6 is 24.0 Å². The zero-order valence-corrected chi connectivity index (χ0v) is 17.7. The number of nitrogens with two attached hydrogens (primary N) is 1. The van der Waals surface area contributed by atoms with Crippen molar-refractivity contribution in [2.75, 3.05) is 52.4 Å². The maximum Gasteiger partial charge on any atom is 0.225 e. The second kappa shape index (κ2) is 10.5. The van der Waals surface area contributed by atoms with Crippen LogP contribution in [0.5, 0.6) is 0 Å². The molecule has 0 radical (unpaired) electrons. The molecule has 7 heteroatoms. The summed E-state index contributed by atoms with van der Waals surface area (Å²) in [6, 6.07) is 0. The molecular formula is C18H34IN5O. The quantitative estimate of drug-likeness (QED) is 0.392. The van der Waals surface area contributed by atoms with Gasteiger partial charge in [0.05, 0.1) is 6.54 Å². The monoisotopic (exact) mass is 463 g/mol. The van der Waals surface area contributed by atoms with Gasteiger partial charge in [-0.25, -0.2) is 0 Å². The third-order valence-electron chi connectivity index (χ3n) is 5.76. The summed E-state index contributed by atoms with van der Waals surface area (Å²) in [5.41, 5.74) is 6.10. The molecule has 0 bridgehead atoms. The smallest absolute Gasteiger partial charge is 0.225 e. The molecule has 3 fully saturated rings. The van der Waals surface area contributed by atoms with Crippen LogP contribution in [0.1, 0.15) is 44.9 Å². The minimum atomic E-state index is 0. The topological polar surface area (TPSA) is 65.2 Å². The highest BCUT2D eigenvalue weighted by Gasteiger charge is 2.29. The lowest BCUT2D eigenvalue weighted by atomic mass is 10.1. The van der Waals surface area contributed by atoms with E-state index in [1.165, 1.54) is 32.1 Å². The summed E-state index contributed by atoms with van der Waals surface area (Å²) in [6.45, 7) is 7.50. The second-order valence-corrected chi connectivity index (χ2v) is 7.44. The lowest BCUT2D eigenvalue weighted by Crippen LogP contribution is -2.50. The molecule has 0 aromatic carbocycles. The lowest BCUT2D eigenvalue weighted by molar-refractivity contribution is -0.137. The van der Waals surface area contributed by atoms with Crippen LogP contribution in [0.15, 0.2) is 4.99 Å². The van der Waals surface area contributed by atoms with Gasteiger partial charge in [-0.3, -0.25) is 14.7 Å². The Kier molecular flexibility index (Phi) is 8.75. The Labute approximate surface area is 169 Å². The van der Waals surface area contributed by atoms with Gasteiger partial charge in [0.2, 0.25) is 5.91 Å². The van der Waals surface area contributed by atoms with Gasteiger partial charge in [0.15, 0.2) is 5.96 Å². The number of guanidine groups is 1. The van der Waals surface area contributed by atoms with E-state index < -0.39 is 0 Å². The molecule has 1 amide bonds. The van der Waals surface area contributed by atoms with Crippen LogP contribution in [0.4, 0.5) is 0 Å². The van der Waals surface area contributed by atoms with Crippen LogP contribution in [-0.2, 0) is 4.79 Å². The summed E-state index contributed by atoms with van der Waals surface area (Å²) in [4.78, 5) is 23.7. The fourth-order valence-corrected chi connectivity index (χ4v) is 4.15. The normalized spacial score (nSPS) is 23.6. The van der Waals surface area contributed by atoms with Gasteiger partial charge < -0.3 is 15.5 Å². The van der Waals surface area contributed by atoms with Crippen molar-refractivity contribution >= 4 is 35.8 Å². The summed E-state index contributed by atoms with van der Waals surface area (Å²) in [6.07, 6.45) is 8.43. The van der Waals surface area contributed by atoms with Crippen molar-refractivity contribution < 1.29 is 4.79 Å². The molecule has 2 heterocycles. The van der Waals surface area contributed by atoms with Crippen LogP contribution in [0, 0.1) is 5.92 Å². The van der Waals surface area contributed by atoms with Gasteiger partial charge in [-0.05, 0) is 32.1 Å². The minimum Gasteiger partial charge on any atom is -0.370 e. The summed E-state index contributed by atoms with van der Waals surface area (Å²) in [5, 5.41) is 0. The molecule has 144 valence electrons. The molecule has 1 saturated carbocycles. The van der Waals surface area contributed by atoms with Crippen molar-refractivity contribution in [1.82, 2.24) is 14.7 Å². The highest BCUT2D eigenvalue weighted by molar-refractivity contribution is 14.0. The average molecular weight is 463 g/mol. The summed E-state index contributed by atoms with van der Waals surface area (Å²) >= 11 is 0. The number of carbonyl (C=O) groups is 1. The van der Waals surface area contributed by atoms with E-state index in [1.807, 2.05) is 0 Å². The third-order valence-corrected chi connectivity index (χ3v) is 5.76. The molecule has 2 aliphatic heterocycles. The van der Waals surface area contributed by atoms with Crippen molar-refractivity contribution in [3.05, 3.63) is 0 Å². The predicted molar refractivity (Wildman–Crippen MR) is 112 cm³/mol. The number of hydrogen-bond acceptors (Lipinski definition) is 3. The summed E-state index contributed by atoms with van der Waals surface area (Å²) < 4.78 is 0. The van der Waals surface area contributed by atoms with Crippen LogP contribution < -0.4 is 5.73 Å². The number of carbonyl (C=O) groups excluding carboxylic acids is 1. The SMILES string of the molecule is I.NC(=NCCN1CCN(C(=O)C2CCCC2)CC1)N1CCCCC1. The Morgan fingerprint density at radius 1 is 0.880 bits per heavy atom. The van der Waals surface area contributed by atoms with Crippen LogP contribution in [0.25, 0.3) is 0 Å². The molecule has 0 unspecified atom stereocenters. The van der Waals surface area contributed by atoms with Crippen molar-refractivity contribution in [1.29, 1.82) is 0 Å². The molecule has 1 aliphatic carbocycles. The van der Waals surface area contributed by atoms with Gasteiger partial charge >= 0.3 is 0 Å². The fourth-order valence-electron chi connectivity index (χ4n) is 4.15. The Morgan fingerprint density at radius 3 is 2.16 bits per heavy atom. The molecule has 25 heavy (non-hydrogen) atoms. The largest absolute Gasteiger partial charge is 0.370 e. The van der Waals surface area contributed by atoms with Gasteiger partial charge in [0.25, 0.3) is 0 Å². The number of nitrogens with zero attached hydrogens (tertiary/aromatic N) is 4. The fraction of sp³-hybridized carbons (Fsp3) is 0.889. The molecule has 3 aliphatic rings. The van der Waals surface area contributed by atoms with Crippen molar-refractivity contribution in [2.45, 2.75) is 44.9 Å². The first kappa shape index (κ1) is 20.7. The standard InChI is InChI=1S/C18H33N5O.HI/c19-18(23-9-4-1-5-10-23)20-8-11-21-12-14-22(15-13-21)17(24)16-6-2-3-7-16;/h16H,1-15H2,(H2,19,20);1H. The van der Waals surface area contributed by atoms with Gasteiger partial charge in [-0.2, -0.15) is 0 Å². The first-order valence-corrected chi connectivity index (χ1v) is 9.80. The van der Waals surface area contributed by atoms with Gasteiger partial charge in [-0.15, -0.1) is 24.0 Å². The number of hydrogen-bond donors (Lipinski definition) is 1. The van der Waals surface area contributed by atoms with E-state index in [-0.39, 0.29) is 24.0 Å². The van der Waals surface area contributed by atoms with Crippen molar-refractivity contribution in [3.8, 4) is 0 Å². The van der Waals surface area contributed by atoms with Crippen LogP contribution in [-0.4, -0.2) is 78.9 Å². The molecule has 6 nitrogen and oxygen atoms in total. The summed E-state index contributed by atoms with van der Waals surface area (Å²) in [7, 11) is 0. The number of rotatable bonds is 4. The molecule has 0 aromatic heterocycles. The summed E-state index contributed by atoms with van der Waals surface area (Å²) in [5.74, 6) is 1.43. The zero-order valence-electron chi connectivity index (χ0n) is 15.4. The number of piperazine rings is 1. The van der Waals surface area contributed by atoms with Crippen molar-refractivity contribution in [3.63, 3.8) is 0 Å². The maximum atomic E-state index is 12.4. The first-order chi connectivity index (χ1) is 11.7. The van der Waals surface area contributed by atoms with E-state index >= 15 is 0 Å². The van der Waals surface area contributed by atoms with E-state index in [0.29, 0.717) is 17.8 Å². The Bertz CT molecular complexity index is 439. The highest BCUT2D eigenvalue weighted by Crippen LogP contribution is 2.26. The number of piperidine rings is 1. The number of aliphatic imine (C=N–C) groups is 1. The Balaban J connectivity index is 0.00000225. The van der Waals surface area contributed by atoms with E-state index in [2.05, 4.69) is 19.7 Å². The molecule has 2 N–H and O–H groups in total. The van der Waals surface area contributed by atoms with Crippen LogP contribution in [0.2, 0.25) is 0 Å². The van der Waals surface area contributed by atoms with E-state index in [4.69, 9.17) is 5.73 Å². The molecule has 3 rings (SSSR count). The van der Waals surface area contributed by atoms with E-state index in [0.717, 1.165) is 65.2 Å². The number of amides is 1. The molecule has 0 atom stereocenters. The minimum absolute atomic E-state index is 0. The maximum absolute atomic E-state index is 12.4. The van der Waals surface area contributed by atoms with Gasteiger partial charge in [0.1, 0.15) is 0 Å². The zero-order chi connectivity index (χ0) is 16.8. The molecule has 2 saturated heterocycles. The van der Waals surface area contributed by atoms with E-state index in [9.17, 15) is 4.79 Å². The third kappa shape index (κ3) is 5.98. The molecular weight excluding hydrogens is 429 g/mol. The lowest BCUT2D eigenvalue weighted by Gasteiger charge is -2.35. The predicted octanol–water partition coefficient (Wildman–Crippen LogP) is 1.74. The van der Waals surface area contributed by atoms with E-state index in [1.54, 1.807) is 0 Å². The van der Waals surface area contributed by atoms with Crippen molar-refractivity contribution in [2.24, 2.45) is 16.6 Å². The number of likely N-dealkylation sites (tertiary alicyclic amines) is 1. The van der Waals surface area contributed by atoms with Gasteiger partial charge in [0, 0.05) is 51.7 Å².